The molecule has 1 aliphatic heterocycles. The third-order valence-electron chi connectivity index (χ3n) is 5.92. The smallest absolute Gasteiger partial charge is 0.339 e. The van der Waals surface area contributed by atoms with Crippen LogP contribution in [0.15, 0.2) is 66.7 Å². The second kappa shape index (κ2) is 12.5. The average molecular weight is 571 g/mol. The van der Waals surface area contributed by atoms with E-state index >= 15 is 0 Å². The highest BCUT2D eigenvalue weighted by Crippen LogP contribution is 2.36. The number of hydrogen-bond acceptors (Lipinski definition) is 13. The number of esters is 2. The number of rotatable bonds is 8. The summed E-state index contributed by atoms with van der Waals surface area (Å²) in [5, 5.41) is 70.1. The van der Waals surface area contributed by atoms with Gasteiger partial charge in [0.15, 0.2) is 23.4 Å². The number of carbonyl (C=O) groups is 2. The zero-order chi connectivity index (χ0) is 29.7. The molecular weight excluding hydrogens is 544 g/mol. The van der Waals surface area contributed by atoms with Gasteiger partial charge in [0.2, 0.25) is 6.29 Å². The van der Waals surface area contributed by atoms with E-state index in [9.17, 15) is 45.3 Å². The first-order valence-electron chi connectivity index (χ1n) is 12.1. The summed E-state index contributed by atoms with van der Waals surface area (Å²) in [5.74, 6) is -5.51. The Morgan fingerprint density at radius 1 is 0.854 bits per heavy atom. The molecule has 0 bridgehead atoms. The molecule has 13 nitrogen and oxygen atoms in total. The van der Waals surface area contributed by atoms with Crippen LogP contribution < -0.4 is 4.74 Å². The molecule has 0 amide bonds. The molecule has 0 spiro atoms. The van der Waals surface area contributed by atoms with Crippen LogP contribution in [0, 0.1) is 0 Å². The zero-order valence-corrected chi connectivity index (χ0v) is 21.1. The first kappa shape index (κ1) is 29.0. The van der Waals surface area contributed by atoms with Gasteiger partial charge in [-0.3, -0.25) is 0 Å². The molecule has 41 heavy (non-hydrogen) atoms. The van der Waals surface area contributed by atoms with Crippen molar-refractivity contribution in [2.75, 3.05) is 6.61 Å². The molecule has 13 heteroatoms. The predicted octanol–water partition coefficient (Wildman–Crippen LogP) is 1.52. The molecule has 1 fully saturated rings. The summed E-state index contributed by atoms with van der Waals surface area (Å²) in [6.45, 7) is -0.554. The van der Waals surface area contributed by atoms with E-state index in [4.69, 9.17) is 18.9 Å². The summed E-state index contributed by atoms with van der Waals surface area (Å²) in [5.41, 5.74) is 0.297. The molecule has 7 N–H and O–H groups in total. The summed E-state index contributed by atoms with van der Waals surface area (Å²) >= 11 is 0. The Kier molecular flexibility index (Phi) is 8.82. The highest BCUT2D eigenvalue weighted by Gasteiger charge is 2.48. The minimum atomic E-state index is -1.88. The quantitative estimate of drug-likeness (QED) is 0.116. The molecule has 0 aromatic heterocycles. The Bertz CT molecular complexity index is 1380. The molecule has 0 saturated carbocycles. The fourth-order valence-corrected chi connectivity index (χ4v) is 3.89. The van der Waals surface area contributed by atoms with Crippen LogP contribution in [0.4, 0.5) is 0 Å². The molecule has 3 aromatic rings. The van der Waals surface area contributed by atoms with Crippen molar-refractivity contribution >= 4 is 18.0 Å². The second-order valence-corrected chi connectivity index (χ2v) is 8.93. The first-order valence-corrected chi connectivity index (χ1v) is 12.1. The van der Waals surface area contributed by atoms with Crippen molar-refractivity contribution < 1.29 is 64.3 Å². The highest BCUT2D eigenvalue weighted by molar-refractivity contribution is 5.91. The first-order chi connectivity index (χ1) is 19.5. The summed E-state index contributed by atoms with van der Waals surface area (Å²) < 4.78 is 21.7. The number of aliphatic hydroxyl groups is 2. The van der Waals surface area contributed by atoms with Gasteiger partial charge in [-0.15, -0.1) is 0 Å². The lowest BCUT2D eigenvalue weighted by atomic mass is 9.99. The van der Waals surface area contributed by atoms with Crippen LogP contribution in [0.1, 0.15) is 15.9 Å². The van der Waals surface area contributed by atoms with Gasteiger partial charge in [-0.05, 0) is 23.8 Å². The number of hydrogen-bond donors (Lipinski definition) is 7. The minimum Gasteiger partial charge on any atom is -0.508 e. The average Bonchev–Trinajstić information content (AvgIpc) is 2.93. The number of carbonyl (C=O) groups excluding carboxylic acids is 2. The van der Waals surface area contributed by atoms with Crippen molar-refractivity contribution in [3.8, 4) is 34.5 Å². The Balaban J connectivity index is 1.52. The lowest BCUT2D eigenvalue weighted by Gasteiger charge is -2.41. The number of ether oxygens (including phenoxy) is 4. The van der Waals surface area contributed by atoms with Crippen molar-refractivity contribution in [2.45, 2.75) is 30.7 Å². The van der Waals surface area contributed by atoms with E-state index in [2.05, 4.69) is 0 Å². The van der Waals surface area contributed by atoms with E-state index in [0.717, 1.165) is 42.0 Å². The largest absolute Gasteiger partial charge is 0.508 e. The molecule has 1 aliphatic rings. The lowest BCUT2D eigenvalue weighted by molar-refractivity contribution is -0.277. The number of aliphatic hydroxyl groups excluding tert-OH is 2. The van der Waals surface area contributed by atoms with Crippen LogP contribution in [0.25, 0.3) is 6.08 Å². The summed E-state index contributed by atoms with van der Waals surface area (Å²) in [6, 6.07) is 13.6. The molecule has 1 saturated heterocycles. The maximum absolute atomic E-state index is 12.8. The van der Waals surface area contributed by atoms with Gasteiger partial charge in [0.05, 0.1) is 5.56 Å². The van der Waals surface area contributed by atoms with Crippen molar-refractivity contribution in [1.29, 1.82) is 0 Å². The molecular formula is C28H26O13. The molecule has 5 atom stereocenters. The summed E-state index contributed by atoms with van der Waals surface area (Å²) in [4.78, 5) is 25.0. The Morgan fingerprint density at radius 2 is 1.49 bits per heavy atom. The zero-order valence-electron chi connectivity index (χ0n) is 21.1. The van der Waals surface area contributed by atoms with Crippen molar-refractivity contribution in [3.05, 3.63) is 77.9 Å². The monoisotopic (exact) mass is 570 g/mol. The van der Waals surface area contributed by atoms with Gasteiger partial charge in [0, 0.05) is 24.3 Å². The fourth-order valence-electron chi connectivity index (χ4n) is 3.89. The van der Waals surface area contributed by atoms with Crippen molar-refractivity contribution in [2.24, 2.45) is 0 Å². The topological polar surface area (TPSA) is 213 Å². The summed E-state index contributed by atoms with van der Waals surface area (Å²) in [6.07, 6.45) is -5.83. The fraction of sp³-hybridized carbons (Fsp3) is 0.214. The molecule has 0 aliphatic carbocycles. The van der Waals surface area contributed by atoms with Crippen LogP contribution in [-0.4, -0.2) is 85.0 Å². The van der Waals surface area contributed by atoms with Gasteiger partial charge in [0.25, 0.3) is 0 Å². The normalized spacial score (nSPS) is 22.2. The van der Waals surface area contributed by atoms with Crippen LogP contribution in [0.2, 0.25) is 0 Å². The van der Waals surface area contributed by atoms with Gasteiger partial charge >= 0.3 is 11.9 Å². The molecule has 0 radical (unpaired) electrons. The molecule has 1 heterocycles. The van der Waals surface area contributed by atoms with Crippen LogP contribution in [0.3, 0.4) is 0 Å². The number of aromatic hydroxyl groups is 5. The molecule has 216 valence electrons. The third-order valence-corrected chi connectivity index (χ3v) is 5.92. The Labute approximate surface area is 232 Å². The van der Waals surface area contributed by atoms with Gasteiger partial charge in [0.1, 0.15) is 42.2 Å². The number of benzene rings is 3. The van der Waals surface area contributed by atoms with E-state index in [1.165, 1.54) is 6.08 Å². The third kappa shape index (κ3) is 7.16. The van der Waals surface area contributed by atoms with Gasteiger partial charge in [-0.25, -0.2) is 9.59 Å². The van der Waals surface area contributed by atoms with E-state index in [0.29, 0.717) is 0 Å². The molecule has 5 unspecified atom stereocenters. The Hall–Kier alpha value is -4.98. The minimum absolute atomic E-state index is 0.182. The second-order valence-electron chi connectivity index (χ2n) is 8.93. The van der Waals surface area contributed by atoms with E-state index in [-0.39, 0.29) is 5.75 Å². The summed E-state index contributed by atoms with van der Waals surface area (Å²) in [7, 11) is 0. The highest BCUT2D eigenvalue weighted by atomic mass is 16.7. The number of phenols is 5. The number of phenolic OH excluding ortho intramolecular Hbond substituents is 5. The van der Waals surface area contributed by atoms with E-state index in [1.54, 1.807) is 24.3 Å². The standard InChI is InChI=1S/C28H26O13/c29-16-10-17(30)12-18(11-16)39-28-26(41-27(37)15-8-19(31)23(34)20(32)9-15)25(36)24(35)21(40-28)13-38-22(33)7-6-14-4-2-1-3-5-14/h1-12,21,24-26,28-32,34-36H,13H2. The van der Waals surface area contributed by atoms with Crippen molar-refractivity contribution in [3.63, 3.8) is 0 Å². The SMILES string of the molecule is O=C(C=Cc1ccccc1)OCC1OC(Oc2cc(O)cc(O)c2)C(OC(=O)c2cc(O)c(O)c(O)c2)C(O)C1O. The van der Waals surface area contributed by atoms with Crippen LogP contribution in [-0.2, 0) is 19.0 Å². The predicted molar refractivity (Wildman–Crippen MR) is 138 cm³/mol. The van der Waals surface area contributed by atoms with Crippen LogP contribution >= 0.6 is 0 Å². The maximum Gasteiger partial charge on any atom is 0.339 e. The van der Waals surface area contributed by atoms with Gasteiger partial charge in [-0.2, -0.15) is 0 Å². The van der Waals surface area contributed by atoms with E-state index < -0.39 is 83.6 Å². The molecule has 4 rings (SSSR count). The molecule has 3 aromatic carbocycles. The van der Waals surface area contributed by atoms with E-state index in [1.807, 2.05) is 6.07 Å². The van der Waals surface area contributed by atoms with Crippen molar-refractivity contribution in [1.82, 2.24) is 0 Å². The van der Waals surface area contributed by atoms with Crippen LogP contribution in [0.5, 0.6) is 34.5 Å². The maximum atomic E-state index is 12.8. The van der Waals surface area contributed by atoms with Gasteiger partial charge < -0.3 is 54.7 Å². The Morgan fingerprint density at radius 3 is 2.12 bits per heavy atom. The van der Waals surface area contributed by atoms with Gasteiger partial charge in [-0.1, -0.05) is 30.3 Å². The lowest BCUT2D eigenvalue weighted by Crippen LogP contribution is -2.61.